The molecule has 0 spiro atoms. The van der Waals surface area contributed by atoms with E-state index in [0.29, 0.717) is 16.8 Å². The zero-order valence-corrected chi connectivity index (χ0v) is 11.0. The minimum absolute atomic E-state index is 0.444. The van der Waals surface area contributed by atoms with Crippen LogP contribution in [0.5, 0.6) is 5.75 Å². The number of nitrogens with one attached hydrogen (secondary N) is 1. The largest absolute Gasteiger partial charge is 0.497 e. The van der Waals surface area contributed by atoms with E-state index in [9.17, 15) is 0 Å². The van der Waals surface area contributed by atoms with Gasteiger partial charge < -0.3 is 15.8 Å². The topological polar surface area (TPSA) is 73.1 Å². The van der Waals surface area contributed by atoms with Crippen LogP contribution in [0.25, 0.3) is 0 Å². The number of nitrogen functional groups attached to an aromatic ring is 1. The second kappa shape index (κ2) is 5.59. The molecule has 0 amide bonds. The summed E-state index contributed by atoms with van der Waals surface area (Å²) in [5.41, 5.74) is 6.60. The highest BCUT2D eigenvalue weighted by Gasteiger charge is 2.03. The minimum Gasteiger partial charge on any atom is -0.497 e. The summed E-state index contributed by atoms with van der Waals surface area (Å²) in [6.45, 7) is 0. The fourth-order valence-electron chi connectivity index (χ4n) is 1.45. The second-order valence-corrected chi connectivity index (χ2v) is 4.30. The van der Waals surface area contributed by atoms with E-state index in [0.717, 1.165) is 11.4 Å². The Balaban J connectivity index is 2.24. The van der Waals surface area contributed by atoms with Gasteiger partial charge in [-0.2, -0.15) is 0 Å². The first-order chi connectivity index (χ1) is 8.71. The van der Waals surface area contributed by atoms with Crippen LogP contribution in [0.4, 0.5) is 17.3 Å². The molecule has 94 valence electrons. The van der Waals surface area contributed by atoms with Gasteiger partial charge in [0.05, 0.1) is 7.11 Å². The molecule has 2 aromatic rings. The average Bonchev–Trinajstić information content (AvgIpc) is 2.38. The molecule has 0 saturated carbocycles. The van der Waals surface area contributed by atoms with E-state index in [-0.39, 0.29) is 0 Å². The van der Waals surface area contributed by atoms with E-state index < -0.39 is 0 Å². The molecule has 3 N–H and O–H groups in total. The molecule has 1 heterocycles. The first-order valence-electron chi connectivity index (χ1n) is 5.31. The molecular formula is C12H14N4OS. The highest BCUT2D eigenvalue weighted by Crippen LogP contribution is 2.22. The third-order valence-corrected chi connectivity index (χ3v) is 2.80. The number of thioether (sulfide) groups is 1. The van der Waals surface area contributed by atoms with Crippen LogP contribution < -0.4 is 15.8 Å². The second-order valence-electron chi connectivity index (χ2n) is 3.52. The summed E-state index contributed by atoms with van der Waals surface area (Å²) in [5, 5.41) is 3.81. The Morgan fingerprint density at radius 3 is 2.83 bits per heavy atom. The summed E-state index contributed by atoms with van der Waals surface area (Å²) < 4.78 is 5.16. The standard InChI is InChI=1S/C12H14N4OS/c1-17-9-5-3-4-8(6-9)14-11-7-10(13)15-12(16-11)18-2/h3-7H,1-2H3,(H3,13,14,15,16). The Bertz CT molecular complexity index is 547. The number of aromatic nitrogens is 2. The molecule has 0 aliphatic heterocycles. The first-order valence-corrected chi connectivity index (χ1v) is 6.53. The number of benzene rings is 1. The van der Waals surface area contributed by atoms with Crippen molar-refractivity contribution in [3.05, 3.63) is 30.3 Å². The van der Waals surface area contributed by atoms with E-state index in [1.54, 1.807) is 13.2 Å². The molecule has 0 unspecified atom stereocenters. The van der Waals surface area contributed by atoms with Gasteiger partial charge in [0.15, 0.2) is 5.16 Å². The molecule has 0 fully saturated rings. The van der Waals surface area contributed by atoms with E-state index >= 15 is 0 Å². The third kappa shape index (κ3) is 3.04. The van der Waals surface area contributed by atoms with Crippen molar-refractivity contribution in [3.8, 4) is 5.75 Å². The summed E-state index contributed by atoms with van der Waals surface area (Å²) in [5.74, 6) is 1.90. The minimum atomic E-state index is 0.444. The van der Waals surface area contributed by atoms with Crippen molar-refractivity contribution in [1.29, 1.82) is 0 Å². The Hall–Kier alpha value is -1.95. The van der Waals surface area contributed by atoms with Gasteiger partial charge in [-0.05, 0) is 18.4 Å². The average molecular weight is 262 g/mol. The Labute approximate surface area is 110 Å². The highest BCUT2D eigenvalue weighted by atomic mass is 32.2. The molecule has 0 saturated heterocycles. The van der Waals surface area contributed by atoms with Gasteiger partial charge in [0.25, 0.3) is 0 Å². The van der Waals surface area contributed by atoms with Crippen LogP contribution in [0.1, 0.15) is 0 Å². The van der Waals surface area contributed by atoms with Crippen molar-refractivity contribution in [2.45, 2.75) is 5.16 Å². The zero-order valence-electron chi connectivity index (χ0n) is 10.2. The number of nitrogens with zero attached hydrogens (tertiary/aromatic N) is 2. The molecule has 0 atom stereocenters. The molecule has 0 aliphatic rings. The number of hydrogen-bond acceptors (Lipinski definition) is 6. The number of rotatable bonds is 4. The number of hydrogen-bond donors (Lipinski definition) is 2. The fourth-order valence-corrected chi connectivity index (χ4v) is 1.83. The van der Waals surface area contributed by atoms with Crippen molar-refractivity contribution < 1.29 is 4.74 Å². The van der Waals surface area contributed by atoms with E-state index in [2.05, 4.69) is 15.3 Å². The van der Waals surface area contributed by atoms with Crippen LogP contribution in [0.3, 0.4) is 0 Å². The molecule has 2 rings (SSSR count). The number of methoxy groups -OCH3 is 1. The normalized spacial score (nSPS) is 10.1. The maximum atomic E-state index is 5.72. The number of nitrogens with two attached hydrogens (primary N) is 1. The Morgan fingerprint density at radius 2 is 2.11 bits per heavy atom. The number of anilines is 3. The quantitative estimate of drug-likeness (QED) is 0.651. The summed E-state index contributed by atoms with van der Waals surface area (Å²) in [6.07, 6.45) is 1.91. The lowest BCUT2D eigenvalue weighted by molar-refractivity contribution is 0.415. The van der Waals surface area contributed by atoms with Crippen molar-refractivity contribution in [3.63, 3.8) is 0 Å². The molecule has 0 aliphatic carbocycles. The van der Waals surface area contributed by atoms with Gasteiger partial charge in [0.1, 0.15) is 17.4 Å². The predicted molar refractivity (Wildman–Crippen MR) is 74.5 cm³/mol. The molecular weight excluding hydrogens is 248 g/mol. The van der Waals surface area contributed by atoms with E-state index in [4.69, 9.17) is 10.5 Å². The van der Waals surface area contributed by atoms with Gasteiger partial charge in [-0.25, -0.2) is 9.97 Å². The summed E-state index contributed by atoms with van der Waals surface area (Å²) >= 11 is 1.45. The van der Waals surface area contributed by atoms with Gasteiger partial charge in [-0.3, -0.25) is 0 Å². The summed E-state index contributed by atoms with van der Waals surface area (Å²) in [4.78, 5) is 8.42. The first kappa shape index (κ1) is 12.5. The highest BCUT2D eigenvalue weighted by molar-refractivity contribution is 7.98. The Morgan fingerprint density at radius 1 is 1.28 bits per heavy atom. The summed E-state index contributed by atoms with van der Waals surface area (Å²) in [6, 6.07) is 9.30. The lowest BCUT2D eigenvalue weighted by Crippen LogP contribution is -2.00. The zero-order chi connectivity index (χ0) is 13.0. The van der Waals surface area contributed by atoms with Crippen molar-refractivity contribution >= 4 is 29.1 Å². The lowest BCUT2D eigenvalue weighted by Gasteiger charge is -2.08. The predicted octanol–water partition coefficient (Wildman–Crippen LogP) is 2.53. The molecule has 1 aromatic heterocycles. The molecule has 6 heteroatoms. The Kier molecular flexibility index (Phi) is 3.88. The smallest absolute Gasteiger partial charge is 0.191 e. The fraction of sp³-hybridized carbons (Fsp3) is 0.167. The van der Waals surface area contributed by atoms with Gasteiger partial charge in [-0.15, -0.1) is 0 Å². The van der Waals surface area contributed by atoms with Crippen molar-refractivity contribution in [1.82, 2.24) is 9.97 Å². The maximum absolute atomic E-state index is 5.72. The SMILES string of the molecule is COc1cccc(Nc2cc(N)nc(SC)n2)c1. The van der Waals surface area contributed by atoms with Crippen LogP contribution in [0.15, 0.2) is 35.5 Å². The molecule has 5 nitrogen and oxygen atoms in total. The number of ether oxygens (including phenoxy) is 1. The monoisotopic (exact) mass is 262 g/mol. The van der Waals surface area contributed by atoms with Gasteiger partial charge in [0, 0.05) is 17.8 Å². The van der Waals surface area contributed by atoms with Crippen LogP contribution in [-0.4, -0.2) is 23.3 Å². The van der Waals surface area contributed by atoms with Crippen molar-refractivity contribution in [2.75, 3.05) is 24.4 Å². The van der Waals surface area contributed by atoms with Crippen LogP contribution in [0, 0.1) is 0 Å². The lowest BCUT2D eigenvalue weighted by atomic mass is 10.3. The van der Waals surface area contributed by atoms with Crippen LogP contribution >= 0.6 is 11.8 Å². The van der Waals surface area contributed by atoms with Crippen molar-refractivity contribution in [2.24, 2.45) is 0 Å². The van der Waals surface area contributed by atoms with Gasteiger partial charge in [0.2, 0.25) is 0 Å². The van der Waals surface area contributed by atoms with Gasteiger partial charge >= 0.3 is 0 Å². The molecule has 1 aromatic carbocycles. The van der Waals surface area contributed by atoms with E-state index in [1.165, 1.54) is 11.8 Å². The third-order valence-electron chi connectivity index (χ3n) is 2.25. The van der Waals surface area contributed by atoms with Gasteiger partial charge in [-0.1, -0.05) is 17.8 Å². The summed E-state index contributed by atoms with van der Waals surface area (Å²) in [7, 11) is 1.63. The molecule has 0 bridgehead atoms. The maximum Gasteiger partial charge on any atom is 0.191 e. The van der Waals surface area contributed by atoms with E-state index in [1.807, 2.05) is 30.5 Å². The molecule has 0 radical (unpaired) electrons. The van der Waals surface area contributed by atoms with Crippen LogP contribution in [0.2, 0.25) is 0 Å². The molecule has 18 heavy (non-hydrogen) atoms. The van der Waals surface area contributed by atoms with Crippen LogP contribution in [-0.2, 0) is 0 Å².